The molecule has 0 atom stereocenters. The van der Waals surface area contributed by atoms with Crippen molar-refractivity contribution in [2.45, 2.75) is 0 Å². The van der Waals surface area contributed by atoms with Crippen LogP contribution in [-0.2, 0) is 19.1 Å². The molecule has 0 aliphatic heterocycles. The van der Waals surface area contributed by atoms with Crippen LogP contribution in [-0.4, -0.2) is 45.3 Å². The van der Waals surface area contributed by atoms with Gasteiger partial charge < -0.3 is 25.3 Å². The average Bonchev–Trinajstić information content (AvgIpc) is 2.14. The smallest absolute Gasteiger partial charge is 0.246 e. The molecule has 76 valence electrons. The molecule has 1 amide bonds. The quantitative estimate of drug-likeness (QED) is 0.269. The number of rotatable bonds is 8. The summed E-state index contributed by atoms with van der Waals surface area (Å²) in [4.78, 5) is 20.6. The van der Waals surface area contributed by atoms with Crippen molar-refractivity contribution in [3.05, 3.63) is 0 Å². The molecule has 0 aromatic rings. The number of carbonyl (C=O) groups is 2. The lowest BCUT2D eigenvalue weighted by atomic mass is 10.6. The highest BCUT2D eigenvalue weighted by molar-refractivity contribution is 5.79. The highest BCUT2D eigenvalue weighted by Crippen LogP contribution is 1.76. The molecular formula is C7H14N2O4. The van der Waals surface area contributed by atoms with E-state index in [1.165, 1.54) is 0 Å². The fourth-order valence-corrected chi connectivity index (χ4v) is 0.573. The average molecular weight is 190 g/mol. The number of amides is 1. The van der Waals surface area contributed by atoms with Crippen molar-refractivity contribution >= 4 is 12.2 Å². The minimum atomic E-state index is -0.320. The highest BCUT2D eigenvalue weighted by atomic mass is 16.5. The van der Waals surface area contributed by atoms with Crippen molar-refractivity contribution < 1.29 is 19.1 Å². The van der Waals surface area contributed by atoms with Crippen LogP contribution in [0.4, 0.5) is 0 Å². The van der Waals surface area contributed by atoms with Gasteiger partial charge in [-0.25, -0.2) is 0 Å². The zero-order chi connectivity index (χ0) is 9.94. The molecule has 0 bridgehead atoms. The van der Waals surface area contributed by atoms with Crippen LogP contribution < -0.4 is 11.1 Å². The van der Waals surface area contributed by atoms with Gasteiger partial charge in [-0.05, 0) is 0 Å². The second-order valence-corrected chi connectivity index (χ2v) is 2.10. The van der Waals surface area contributed by atoms with Gasteiger partial charge in [0.1, 0.15) is 12.9 Å². The number of hydrogen-bond acceptors (Lipinski definition) is 5. The van der Waals surface area contributed by atoms with Gasteiger partial charge in [0.05, 0.1) is 26.5 Å². The molecule has 0 spiro atoms. The molecule has 0 saturated carbocycles. The molecule has 6 nitrogen and oxygen atoms in total. The van der Waals surface area contributed by atoms with Crippen LogP contribution >= 0.6 is 0 Å². The SMILES string of the molecule is NCOCCOCC(=O)NCC=O. The van der Waals surface area contributed by atoms with Crippen LogP contribution in [0.3, 0.4) is 0 Å². The molecule has 0 aromatic heterocycles. The van der Waals surface area contributed by atoms with Gasteiger partial charge in [0.25, 0.3) is 0 Å². The third-order valence-electron chi connectivity index (χ3n) is 1.11. The van der Waals surface area contributed by atoms with Crippen LogP contribution in [0.5, 0.6) is 0 Å². The van der Waals surface area contributed by atoms with Gasteiger partial charge >= 0.3 is 0 Å². The monoisotopic (exact) mass is 190 g/mol. The fourth-order valence-electron chi connectivity index (χ4n) is 0.573. The molecule has 0 fully saturated rings. The van der Waals surface area contributed by atoms with E-state index in [9.17, 15) is 9.59 Å². The first kappa shape index (κ1) is 12.0. The third-order valence-corrected chi connectivity index (χ3v) is 1.11. The van der Waals surface area contributed by atoms with Crippen molar-refractivity contribution in [3.63, 3.8) is 0 Å². The standard InChI is InChI=1S/C7H14N2O4/c8-6-13-4-3-12-5-7(11)9-1-2-10/h2H,1,3-6,8H2,(H,9,11). The maximum absolute atomic E-state index is 10.8. The first-order valence-electron chi connectivity index (χ1n) is 3.87. The largest absolute Gasteiger partial charge is 0.369 e. The molecule has 0 heterocycles. The summed E-state index contributed by atoms with van der Waals surface area (Å²) in [5, 5.41) is 2.33. The van der Waals surface area contributed by atoms with Crippen LogP contribution in [0, 0.1) is 0 Å². The van der Waals surface area contributed by atoms with Gasteiger partial charge in [-0.15, -0.1) is 0 Å². The summed E-state index contributed by atoms with van der Waals surface area (Å²) in [5.74, 6) is -0.320. The number of hydrogen-bond donors (Lipinski definition) is 2. The Balaban J connectivity index is 3.12. The minimum absolute atomic E-state index is 0.0154. The fraction of sp³-hybridized carbons (Fsp3) is 0.714. The minimum Gasteiger partial charge on any atom is -0.369 e. The second-order valence-electron chi connectivity index (χ2n) is 2.10. The maximum atomic E-state index is 10.8. The van der Waals surface area contributed by atoms with Crippen molar-refractivity contribution in [2.75, 3.05) is 33.1 Å². The zero-order valence-corrected chi connectivity index (χ0v) is 7.32. The van der Waals surface area contributed by atoms with Gasteiger partial charge in [-0.3, -0.25) is 4.79 Å². The Morgan fingerprint density at radius 3 is 2.69 bits per heavy atom. The van der Waals surface area contributed by atoms with E-state index in [1.54, 1.807) is 0 Å². The molecule has 0 radical (unpaired) electrons. The molecule has 3 N–H and O–H groups in total. The van der Waals surface area contributed by atoms with Crippen molar-refractivity contribution in [1.29, 1.82) is 0 Å². The van der Waals surface area contributed by atoms with Gasteiger partial charge in [-0.2, -0.15) is 0 Å². The second kappa shape index (κ2) is 9.11. The molecular weight excluding hydrogens is 176 g/mol. The summed E-state index contributed by atoms with van der Waals surface area (Å²) < 4.78 is 9.65. The lowest BCUT2D eigenvalue weighted by Crippen LogP contribution is -2.29. The van der Waals surface area contributed by atoms with Crippen LogP contribution in [0.2, 0.25) is 0 Å². The first-order chi connectivity index (χ1) is 6.31. The van der Waals surface area contributed by atoms with E-state index in [-0.39, 0.29) is 25.8 Å². The van der Waals surface area contributed by atoms with Gasteiger partial charge in [0, 0.05) is 0 Å². The van der Waals surface area contributed by atoms with Gasteiger partial charge in [-0.1, -0.05) is 0 Å². The molecule has 0 saturated heterocycles. The lowest BCUT2D eigenvalue weighted by Gasteiger charge is -2.03. The predicted octanol–water partition coefficient (Wildman–Crippen LogP) is -1.75. The first-order valence-corrected chi connectivity index (χ1v) is 3.87. The Kier molecular flexibility index (Phi) is 8.42. The van der Waals surface area contributed by atoms with E-state index >= 15 is 0 Å². The number of carbonyl (C=O) groups excluding carboxylic acids is 2. The van der Waals surface area contributed by atoms with E-state index in [0.717, 1.165) is 0 Å². The summed E-state index contributed by atoms with van der Waals surface area (Å²) in [6, 6.07) is 0. The normalized spacial score (nSPS) is 9.62. The van der Waals surface area contributed by atoms with Gasteiger partial charge in [0.2, 0.25) is 5.91 Å². The Hall–Kier alpha value is -0.980. The molecule has 0 aromatic carbocycles. The number of ether oxygens (including phenoxy) is 2. The topological polar surface area (TPSA) is 90.7 Å². The molecule has 13 heavy (non-hydrogen) atoms. The molecule has 6 heteroatoms. The number of nitrogens with two attached hydrogens (primary N) is 1. The number of nitrogens with one attached hydrogen (secondary N) is 1. The summed E-state index contributed by atoms with van der Waals surface area (Å²) in [6.07, 6.45) is 0.607. The highest BCUT2D eigenvalue weighted by Gasteiger charge is 1.98. The maximum Gasteiger partial charge on any atom is 0.246 e. The van der Waals surface area contributed by atoms with E-state index in [0.29, 0.717) is 19.5 Å². The number of aldehydes is 1. The Morgan fingerprint density at radius 1 is 1.38 bits per heavy atom. The Morgan fingerprint density at radius 2 is 2.08 bits per heavy atom. The molecule has 0 unspecified atom stereocenters. The molecule has 0 aliphatic carbocycles. The van der Waals surface area contributed by atoms with E-state index in [1.807, 2.05) is 0 Å². The summed E-state index contributed by atoms with van der Waals surface area (Å²) in [6.45, 7) is 0.757. The van der Waals surface area contributed by atoms with Gasteiger partial charge in [0.15, 0.2) is 0 Å². The lowest BCUT2D eigenvalue weighted by molar-refractivity contribution is -0.127. The summed E-state index contributed by atoms with van der Waals surface area (Å²) in [7, 11) is 0. The Labute approximate surface area is 76.4 Å². The molecule has 0 rings (SSSR count). The zero-order valence-electron chi connectivity index (χ0n) is 7.32. The predicted molar refractivity (Wildman–Crippen MR) is 44.9 cm³/mol. The van der Waals surface area contributed by atoms with Crippen molar-refractivity contribution in [2.24, 2.45) is 5.73 Å². The van der Waals surface area contributed by atoms with Crippen molar-refractivity contribution in [3.8, 4) is 0 Å². The van der Waals surface area contributed by atoms with Crippen LogP contribution in [0.15, 0.2) is 0 Å². The summed E-state index contributed by atoms with van der Waals surface area (Å²) in [5.41, 5.74) is 5.04. The van der Waals surface area contributed by atoms with Crippen molar-refractivity contribution in [1.82, 2.24) is 5.32 Å². The van der Waals surface area contributed by atoms with E-state index in [4.69, 9.17) is 15.2 Å². The van der Waals surface area contributed by atoms with Crippen LogP contribution in [0.1, 0.15) is 0 Å². The third kappa shape index (κ3) is 8.93. The summed E-state index contributed by atoms with van der Waals surface area (Å²) >= 11 is 0. The molecule has 0 aliphatic rings. The van der Waals surface area contributed by atoms with E-state index in [2.05, 4.69) is 5.32 Å². The van der Waals surface area contributed by atoms with Crippen LogP contribution in [0.25, 0.3) is 0 Å². The van der Waals surface area contributed by atoms with E-state index < -0.39 is 0 Å². The Bertz CT molecular complexity index is 151.